The van der Waals surface area contributed by atoms with Crippen LogP contribution in [0.15, 0.2) is 59.5 Å². The Morgan fingerprint density at radius 2 is 1.71 bits per heavy atom. The fourth-order valence-corrected chi connectivity index (χ4v) is 4.29. The maximum Gasteiger partial charge on any atom is 0.404 e. The lowest BCUT2D eigenvalue weighted by atomic mass is 10.0. The van der Waals surface area contributed by atoms with Crippen LogP contribution >= 0.6 is 0 Å². The average Bonchev–Trinajstić information content (AvgIpc) is 2.67. The van der Waals surface area contributed by atoms with Crippen molar-refractivity contribution in [1.82, 2.24) is 10.0 Å². The third kappa shape index (κ3) is 6.33. The van der Waals surface area contributed by atoms with Gasteiger partial charge in [-0.15, -0.1) is 0 Å². The smallest absolute Gasteiger partial charge is 0.404 e. The maximum atomic E-state index is 12.7. The van der Waals surface area contributed by atoms with Gasteiger partial charge in [0.15, 0.2) is 0 Å². The molecule has 152 valence electrons. The van der Waals surface area contributed by atoms with Gasteiger partial charge in [0.05, 0.1) is 17.0 Å². The zero-order valence-electron chi connectivity index (χ0n) is 15.7. The highest BCUT2D eigenvalue weighted by Gasteiger charge is 2.25. The second kappa shape index (κ2) is 10.2. The maximum absolute atomic E-state index is 12.7. The number of hydrogen-bond acceptors (Lipinski definition) is 4. The molecule has 2 atom stereocenters. The molecular weight excluding hydrogens is 380 g/mol. The zero-order chi connectivity index (χ0) is 20.6. The number of sulfonamides is 1. The lowest BCUT2D eigenvalue weighted by molar-refractivity contribution is 0.122. The van der Waals surface area contributed by atoms with E-state index in [0.717, 1.165) is 12.0 Å². The summed E-state index contributed by atoms with van der Waals surface area (Å²) in [5.74, 6) is 0. The number of benzene rings is 2. The summed E-state index contributed by atoms with van der Waals surface area (Å²) in [4.78, 5) is 11.3. The lowest BCUT2D eigenvalue weighted by Gasteiger charge is -2.23. The fourth-order valence-electron chi connectivity index (χ4n) is 2.97. The standard InChI is InChI=1S/C20H26N2O5S/c1-2-8-16-11-6-7-12-19(16)28(26,27)21-14-18(23)17(22-20(24)25)13-15-9-4-3-5-10-15/h3-7,9-12,17-18,21-23H,2,8,13-14H2,1H3,(H,24,25)/t17-,18+/m0/s1. The molecule has 0 spiro atoms. The predicted octanol–water partition coefficient (Wildman–Crippen LogP) is 2.16. The van der Waals surface area contributed by atoms with Crippen molar-refractivity contribution in [3.05, 3.63) is 65.7 Å². The minimum atomic E-state index is -3.83. The van der Waals surface area contributed by atoms with E-state index in [-0.39, 0.29) is 17.9 Å². The lowest BCUT2D eigenvalue weighted by Crippen LogP contribution is -2.49. The minimum absolute atomic E-state index is 0.176. The predicted molar refractivity (Wildman–Crippen MR) is 107 cm³/mol. The third-order valence-electron chi connectivity index (χ3n) is 4.34. The Morgan fingerprint density at radius 1 is 1.07 bits per heavy atom. The van der Waals surface area contributed by atoms with Crippen LogP contribution in [0, 0.1) is 0 Å². The highest BCUT2D eigenvalue weighted by atomic mass is 32.2. The second-order valence-electron chi connectivity index (χ2n) is 6.52. The van der Waals surface area contributed by atoms with Crippen molar-refractivity contribution < 1.29 is 23.4 Å². The molecule has 0 bridgehead atoms. The first-order chi connectivity index (χ1) is 13.3. The van der Waals surface area contributed by atoms with E-state index in [4.69, 9.17) is 5.11 Å². The van der Waals surface area contributed by atoms with Gasteiger partial charge < -0.3 is 15.5 Å². The quantitative estimate of drug-likeness (QED) is 0.483. The van der Waals surface area contributed by atoms with Gasteiger partial charge in [0, 0.05) is 6.54 Å². The molecule has 0 aliphatic carbocycles. The number of hydrogen-bond donors (Lipinski definition) is 4. The van der Waals surface area contributed by atoms with Crippen LogP contribution in [0.5, 0.6) is 0 Å². The first kappa shape index (κ1) is 21.9. The second-order valence-corrected chi connectivity index (χ2v) is 8.26. The SMILES string of the molecule is CCCc1ccccc1S(=O)(=O)NC[C@@H](O)[C@H](Cc1ccccc1)NC(=O)O. The zero-order valence-corrected chi connectivity index (χ0v) is 16.5. The van der Waals surface area contributed by atoms with E-state index in [2.05, 4.69) is 10.0 Å². The Kier molecular flexibility index (Phi) is 7.98. The molecule has 0 saturated heterocycles. The van der Waals surface area contributed by atoms with Crippen LogP contribution in [0.4, 0.5) is 4.79 Å². The summed E-state index contributed by atoms with van der Waals surface area (Å²) in [6.45, 7) is 1.66. The molecule has 2 rings (SSSR count). The van der Waals surface area contributed by atoms with E-state index in [1.807, 2.05) is 37.3 Å². The fraction of sp³-hybridized carbons (Fsp3) is 0.350. The van der Waals surface area contributed by atoms with Crippen LogP contribution in [0.1, 0.15) is 24.5 Å². The van der Waals surface area contributed by atoms with Crippen molar-refractivity contribution in [2.75, 3.05) is 6.54 Å². The minimum Gasteiger partial charge on any atom is -0.465 e. The highest BCUT2D eigenvalue weighted by molar-refractivity contribution is 7.89. The van der Waals surface area contributed by atoms with Gasteiger partial charge in [-0.2, -0.15) is 0 Å². The summed E-state index contributed by atoms with van der Waals surface area (Å²) in [6, 6.07) is 15.0. The number of nitrogens with one attached hydrogen (secondary N) is 2. The highest BCUT2D eigenvalue weighted by Crippen LogP contribution is 2.17. The molecule has 7 nitrogen and oxygen atoms in total. The number of carbonyl (C=O) groups is 1. The average molecular weight is 407 g/mol. The first-order valence-electron chi connectivity index (χ1n) is 9.12. The van der Waals surface area contributed by atoms with Gasteiger partial charge in [-0.1, -0.05) is 61.9 Å². The van der Waals surface area contributed by atoms with Gasteiger partial charge in [-0.3, -0.25) is 0 Å². The van der Waals surface area contributed by atoms with Gasteiger partial charge in [0.2, 0.25) is 10.0 Å². The molecule has 0 aliphatic heterocycles. The van der Waals surface area contributed by atoms with Gasteiger partial charge in [-0.05, 0) is 30.0 Å². The normalized spacial score (nSPS) is 13.6. The molecule has 8 heteroatoms. The number of aryl methyl sites for hydroxylation is 1. The van der Waals surface area contributed by atoms with Gasteiger partial charge in [-0.25, -0.2) is 17.9 Å². The topological polar surface area (TPSA) is 116 Å². The molecule has 0 radical (unpaired) electrons. The number of aliphatic hydroxyl groups is 1. The van der Waals surface area contributed by atoms with Crippen molar-refractivity contribution in [2.45, 2.75) is 43.2 Å². The molecular formula is C20H26N2O5S. The van der Waals surface area contributed by atoms with Crippen molar-refractivity contribution in [3.8, 4) is 0 Å². The van der Waals surface area contributed by atoms with Crippen LogP contribution in [0.3, 0.4) is 0 Å². The van der Waals surface area contributed by atoms with E-state index in [9.17, 15) is 18.3 Å². The van der Waals surface area contributed by atoms with Gasteiger partial charge in [0.25, 0.3) is 0 Å². The molecule has 28 heavy (non-hydrogen) atoms. The van der Waals surface area contributed by atoms with Crippen LogP contribution in [0.25, 0.3) is 0 Å². The van der Waals surface area contributed by atoms with E-state index in [0.29, 0.717) is 12.0 Å². The Bertz CT molecular complexity index is 871. The number of aliphatic hydroxyl groups excluding tert-OH is 1. The molecule has 2 aromatic rings. The Labute approximate surface area is 165 Å². The van der Waals surface area contributed by atoms with Crippen molar-refractivity contribution >= 4 is 16.1 Å². The summed E-state index contributed by atoms with van der Waals surface area (Å²) in [6.07, 6.45) is -0.851. The third-order valence-corrected chi connectivity index (χ3v) is 5.86. The number of rotatable bonds is 10. The Morgan fingerprint density at radius 3 is 2.36 bits per heavy atom. The molecule has 0 aromatic heterocycles. The summed E-state index contributed by atoms with van der Waals surface area (Å²) >= 11 is 0. The van der Waals surface area contributed by atoms with Crippen LogP contribution in [-0.4, -0.2) is 43.4 Å². The molecule has 0 heterocycles. The molecule has 1 amide bonds. The summed E-state index contributed by atoms with van der Waals surface area (Å²) in [5, 5.41) is 21.8. The van der Waals surface area contributed by atoms with Crippen molar-refractivity contribution in [3.63, 3.8) is 0 Å². The Hall–Kier alpha value is -2.42. The molecule has 0 saturated carbocycles. The van der Waals surface area contributed by atoms with E-state index >= 15 is 0 Å². The van der Waals surface area contributed by atoms with Crippen LogP contribution < -0.4 is 10.0 Å². The first-order valence-corrected chi connectivity index (χ1v) is 10.6. The van der Waals surface area contributed by atoms with Crippen molar-refractivity contribution in [1.29, 1.82) is 0 Å². The molecule has 2 aromatic carbocycles. The Balaban J connectivity index is 2.10. The summed E-state index contributed by atoms with van der Waals surface area (Å²) in [5.41, 5.74) is 1.54. The van der Waals surface area contributed by atoms with E-state index in [1.54, 1.807) is 18.2 Å². The van der Waals surface area contributed by atoms with Crippen LogP contribution in [0.2, 0.25) is 0 Å². The summed E-state index contributed by atoms with van der Waals surface area (Å²) in [7, 11) is -3.83. The van der Waals surface area contributed by atoms with Crippen LogP contribution in [-0.2, 0) is 22.9 Å². The van der Waals surface area contributed by atoms with E-state index in [1.165, 1.54) is 6.07 Å². The number of carboxylic acid groups (broad SMARTS) is 1. The molecule has 0 unspecified atom stereocenters. The summed E-state index contributed by atoms with van der Waals surface area (Å²) < 4.78 is 27.8. The monoisotopic (exact) mass is 406 g/mol. The van der Waals surface area contributed by atoms with Gasteiger partial charge >= 0.3 is 6.09 Å². The largest absolute Gasteiger partial charge is 0.465 e. The molecule has 0 fully saturated rings. The number of amides is 1. The molecule has 0 aliphatic rings. The van der Waals surface area contributed by atoms with Crippen molar-refractivity contribution in [2.24, 2.45) is 0 Å². The van der Waals surface area contributed by atoms with E-state index < -0.39 is 28.3 Å². The van der Waals surface area contributed by atoms with Gasteiger partial charge in [0.1, 0.15) is 0 Å². The molecule has 4 N–H and O–H groups in total.